The smallest absolute Gasteiger partial charge is 0.119 e. The van der Waals surface area contributed by atoms with E-state index in [1.165, 1.54) is 31.2 Å². The highest BCUT2D eigenvalue weighted by Crippen LogP contribution is 2.33. The molecule has 0 aliphatic rings. The maximum absolute atomic E-state index is 6.11. The van der Waals surface area contributed by atoms with E-state index in [0.29, 0.717) is 0 Å². The summed E-state index contributed by atoms with van der Waals surface area (Å²) in [7, 11) is 0. The lowest BCUT2D eigenvalue weighted by Crippen LogP contribution is -2.30. The molecule has 0 radical (unpaired) electrons. The third kappa shape index (κ3) is 5.65. The lowest BCUT2D eigenvalue weighted by Gasteiger charge is -2.31. The SMILES string of the molecule is CCCC(CBr)(CCC)COc1ccc(C(C)(C)C)cc1. The van der Waals surface area contributed by atoms with Crippen LogP contribution in [0.3, 0.4) is 0 Å². The minimum Gasteiger partial charge on any atom is -0.493 e. The van der Waals surface area contributed by atoms with Gasteiger partial charge in [0.1, 0.15) is 5.75 Å². The molecule has 0 unspecified atom stereocenters. The van der Waals surface area contributed by atoms with Crippen LogP contribution < -0.4 is 4.74 Å². The summed E-state index contributed by atoms with van der Waals surface area (Å²) < 4.78 is 6.11. The van der Waals surface area contributed by atoms with Crippen LogP contribution in [-0.2, 0) is 5.41 Å². The monoisotopic (exact) mass is 354 g/mol. The molecule has 2 heteroatoms. The Kier molecular flexibility index (Phi) is 7.26. The summed E-state index contributed by atoms with van der Waals surface area (Å²) in [5, 5.41) is 1.02. The van der Waals surface area contributed by atoms with Crippen molar-refractivity contribution in [2.75, 3.05) is 11.9 Å². The molecule has 1 rings (SSSR count). The molecule has 0 saturated heterocycles. The Morgan fingerprint density at radius 1 is 0.952 bits per heavy atom. The summed E-state index contributed by atoms with van der Waals surface area (Å²) >= 11 is 3.71. The second-order valence-corrected chi connectivity index (χ2v) is 7.76. The predicted octanol–water partition coefficient (Wildman–Crippen LogP) is 6.34. The summed E-state index contributed by atoms with van der Waals surface area (Å²) in [6, 6.07) is 8.59. The molecule has 1 aromatic rings. The van der Waals surface area contributed by atoms with Crippen molar-refractivity contribution in [3.63, 3.8) is 0 Å². The predicted molar refractivity (Wildman–Crippen MR) is 96.7 cm³/mol. The molecule has 120 valence electrons. The molecule has 0 spiro atoms. The molecular formula is C19H31BrO. The number of hydrogen-bond donors (Lipinski definition) is 0. The van der Waals surface area contributed by atoms with E-state index in [1.807, 2.05) is 0 Å². The van der Waals surface area contributed by atoms with Gasteiger partial charge in [0.2, 0.25) is 0 Å². The molecule has 0 aliphatic carbocycles. The molecule has 0 saturated carbocycles. The van der Waals surface area contributed by atoms with Gasteiger partial charge in [-0.2, -0.15) is 0 Å². The first-order valence-electron chi connectivity index (χ1n) is 8.16. The van der Waals surface area contributed by atoms with Gasteiger partial charge < -0.3 is 4.74 Å². The van der Waals surface area contributed by atoms with Crippen molar-refractivity contribution in [1.82, 2.24) is 0 Å². The molecule has 0 heterocycles. The molecule has 21 heavy (non-hydrogen) atoms. The van der Waals surface area contributed by atoms with Crippen LogP contribution in [-0.4, -0.2) is 11.9 Å². The Morgan fingerprint density at radius 2 is 1.48 bits per heavy atom. The zero-order valence-electron chi connectivity index (χ0n) is 14.3. The molecule has 0 atom stereocenters. The van der Waals surface area contributed by atoms with Crippen molar-refractivity contribution >= 4 is 15.9 Å². The van der Waals surface area contributed by atoms with Crippen LogP contribution in [0.1, 0.15) is 65.9 Å². The van der Waals surface area contributed by atoms with Gasteiger partial charge >= 0.3 is 0 Å². The Bertz CT molecular complexity index is 397. The largest absolute Gasteiger partial charge is 0.493 e. The van der Waals surface area contributed by atoms with E-state index < -0.39 is 0 Å². The van der Waals surface area contributed by atoms with Crippen LogP contribution in [0.2, 0.25) is 0 Å². The topological polar surface area (TPSA) is 9.23 Å². The van der Waals surface area contributed by atoms with Crippen LogP contribution in [0, 0.1) is 5.41 Å². The summed E-state index contributed by atoms with van der Waals surface area (Å²) in [6.45, 7) is 12.0. The maximum atomic E-state index is 6.11. The zero-order chi connectivity index (χ0) is 15.9. The van der Waals surface area contributed by atoms with Gasteiger partial charge in [0, 0.05) is 10.7 Å². The maximum Gasteiger partial charge on any atom is 0.119 e. The lowest BCUT2D eigenvalue weighted by atomic mass is 9.82. The second-order valence-electron chi connectivity index (χ2n) is 7.20. The van der Waals surface area contributed by atoms with E-state index >= 15 is 0 Å². The van der Waals surface area contributed by atoms with E-state index in [1.54, 1.807) is 0 Å². The quantitative estimate of drug-likeness (QED) is 0.494. The Labute approximate surface area is 139 Å². The molecule has 0 amide bonds. The summed E-state index contributed by atoms with van der Waals surface area (Å²) in [6.07, 6.45) is 4.84. The van der Waals surface area contributed by atoms with Gasteiger partial charge in [0.05, 0.1) is 6.61 Å². The fraction of sp³-hybridized carbons (Fsp3) is 0.684. The fourth-order valence-corrected chi connectivity index (χ4v) is 3.51. The van der Waals surface area contributed by atoms with Gasteiger partial charge in [-0.05, 0) is 36.0 Å². The lowest BCUT2D eigenvalue weighted by molar-refractivity contribution is 0.144. The number of benzene rings is 1. The molecular weight excluding hydrogens is 324 g/mol. The second kappa shape index (κ2) is 8.22. The third-order valence-electron chi connectivity index (χ3n) is 4.11. The molecule has 0 bridgehead atoms. The van der Waals surface area contributed by atoms with Crippen LogP contribution in [0.4, 0.5) is 0 Å². The summed E-state index contributed by atoms with van der Waals surface area (Å²) in [5.41, 5.74) is 1.82. The van der Waals surface area contributed by atoms with E-state index in [2.05, 4.69) is 74.8 Å². The van der Waals surface area contributed by atoms with Gasteiger partial charge in [-0.1, -0.05) is 75.5 Å². The number of rotatable bonds is 8. The zero-order valence-corrected chi connectivity index (χ0v) is 15.9. The van der Waals surface area contributed by atoms with Gasteiger partial charge in [0.15, 0.2) is 0 Å². The Balaban J connectivity index is 2.71. The van der Waals surface area contributed by atoms with Crippen LogP contribution >= 0.6 is 15.9 Å². The average molecular weight is 355 g/mol. The van der Waals surface area contributed by atoms with Crippen LogP contribution in [0.15, 0.2) is 24.3 Å². The van der Waals surface area contributed by atoms with Crippen molar-refractivity contribution in [2.24, 2.45) is 5.41 Å². The number of ether oxygens (including phenoxy) is 1. The fourth-order valence-electron chi connectivity index (χ4n) is 2.79. The van der Waals surface area contributed by atoms with Gasteiger partial charge in [-0.15, -0.1) is 0 Å². The number of halogens is 1. The first kappa shape index (κ1) is 18.5. The molecule has 0 aromatic heterocycles. The Hall–Kier alpha value is -0.500. The van der Waals surface area contributed by atoms with E-state index in [-0.39, 0.29) is 10.8 Å². The Morgan fingerprint density at radius 3 is 1.86 bits per heavy atom. The van der Waals surface area contributed by atoms with E-state index in [0.717, 1.165) is 17.7 Å². The minimum absolute atomic E-state index is 0.197. The highest BCUT2D eigenvalue weighted by atomic mass is 79.9. The number of alkyl halides is 1. The van der Waals surface area contributed by atoms with Crippen molar-refractivity contribution in [1.29, 1.82) is 0 Å². The van der Waals surface area contributed by atoms with Crippen LogP contribution in [0.5, 0.6) is 5.75 Å². The third-order valence-corrected chi connectivity index (χ3v) is 5.30. The summed E-state index contributed by atoms with van der Waals surface area (Å²) in [5.74, 6) is 0.987. The first-order valence-corrected chi connectivity index (χ1v) is 9.28. The normalized spacial score (nSPS) is 12.5. The average Bonchev–Trinajstić information content (AvgIpc) is 2.45. The standard InChI is InChI=1S/C19H31BrO/c1-6-12-19(14-20,13-7-2)15-21-17-10-8-16(9-11-17)18(3,4)5/h8-11H,6-7,12-15H2,1-5H3. The molecule has 0 N–H and O–H groups in total. The highest BCUT2D eigenvalue weighted by Gasteiger charge is 2.28. The van der Waals surface area contributed by atoms with Gasteiger partial charge in [-0.3, -0.25) is 0 Å². The molecule has 1 aromatic carbocycles. The van der Waals surface area contributed by atoms with E-state index in [9.17, 15) is 0 Å². The number of hydrogen-bond acceptors (Lipinski definition) is 1. The van der Waals surface area contributed by atoms with E-state index in [4.69, 9.17) is 4.74 Å². The van der Waals surface area contributed by atoms with Crippen molar-refractivity contribution < 1.29 is 4.74 Å². The molecule has 0 aliphatic heterocycles. The van der Waals surface area contributed by atoms with Crippen molar-refractivity contribution in [3.05, 3.63) is 29.8 Å². The van der Waals surface area contributed by atoms with Crippen LogP contribution in [0.25, 0.3) is 0 Å². The molecule has 0 fully saturated rings. The van der Waals surface area contributed by atoms with Crippen molar-refractivity contribution in [2.45, 2.75) is 65.7 Å². The summed E-state index contributed by atoms with van der Waals surface area (Å²) in [4.78, 5) is 0. The minimum atomic E-state index is 0.197. The highest BCUT2D eigenvalue weighted by molar-refractivity contribution is 9.09. The first-order chi connectivity index (χ1) is 9.87. The van der Waals surface area contributed by atoms with Crippen molar-refractivity contribution in [3.8, 4) is 5.75 Å². The van der Waals surface area contributed by atoms with Gasteiger partial charge in [0.25, 0.3) is 0 Å². The molecule has 1 nitrogen and oxygen atoms in total. The van der Waals surface area contributed by atoms with Gasteiger partial charge in [-0.25, -0.2) is 0 Å².